The maximum Gasteiger partial charge on any atom is 0.490 e. The van der Waals surface area contributed by atoms with E-state index in [1.165, 1.54) is 38.1 Å². The van der Waals surface area contributed by atoms with Gasteiger partial charge in [0.15, 0.2) is 0 Å². The van der Waals surface area contributed by atoms with E-state index in [0.29, 0.717) is 0 Å². The van der Waals surface area contributed by atoms with Crippen LogP contribution in [0.25, 0.3) is 0 Å². The van der Waals surface area contributed by atoms with E-state index in [4.69, 9.17) is 23.7 Å². The van der Waals surface area contributed by atoms with Gasteiger partial charge in [-0.25, -0.2) is 9.59 Å². The van der Waals surface area contributed by atoms with Crippen LogP contribution in [0.1, 0.15) is 76.7 Å². The summed E-state index contributed by atoms with van der Waals surface area (Å²) >= 11 is 0. The summed E-state index contributed by atoms with van der Waals surface area (Å²) in [6.45, 7) is 5.52. The molecule has 0 N–H and O–H groups in total. The zero-order valence-electron chi connectivity index (χ0n) is 27.4. The zero-order valence-corrected chi connectivity index (χ0v) is 27.4. The van der Waals surface area contributed by atoms with Crippen LogP contribution in [0.3, 0.4) is 0 Å². The molecule has 0 amide bonds. The first-order chi connectivity index (χ1) is 22.9. The summed E-state index contributed by atoms with van der Waals surface area (Å²) < 4.78 is 104. The van der Waals surface area contributed by atoms with Crippen LogP contribution in [0.15, 0.2) is 60.7 Å². The van der Waals surface area contributed by atoms with E-state index in [2.05, 4.69) is 0 Å². The molecule has 2 aromatic rings. The van der Waals surface area contributed by atoms with Crippen LogP contribution in [0.4, 0.5) is 26.3 Å². The normalized spacial score (nSPS) is 15.6. The van der Waals surface area contributed by atoms with Crippen molar-refractivity contribution in [2.45, 2.75) is 90.1 Å². The van der Waals surface area contributed by atoms with Gasteiger partial charge in [0, 0.05) is 38.9 Å². The number of hydrogen-bond donors (Lipinski definition) is 0. The Labute approximate surface area is 280 Å². The van der Waals surface area contributed by atoms with Crippen LogP contribution in [-0.2, 0) is 42.9 Å². The SMILES string of the molecule is CC(=O)OC(CCCOCCCC(OC(C)=O)C(C)C(OC(=O)C(F)(F)F)c1ccccc1)C(C)C(OC(=O)C(F)(F)F)c1ccccc1. The summed E-state index contributed by atoms with van der Waals surface area (Å²) in [6, 6.07) is 15.5. The molecule has 0 saturated carbocycles. The summed E-state index contributed by atoms with van der Waals surface area (Å²) in [5.74, 6) is -7.90. The van der Waals surface area contributed by atoms with Crippen molar-refractivity contribution in [3.63, 3.8) is 0 Å². The van der Waals surface area contributed by atoms with Crippen molar-refractivity contribution in [1.29, 1.82) is 0 Å². The van der Waals surface area contributed by atoms with Crippen LogP contribution in [0, 0.1) is 11.8 Å². The molecule has 0 heterocycles. The summed E-state index contributed by atoms with van der Waals surface area (Å²) in [7, 11) is 0. The first-order valence-electron chi connectivity index (χ1n) is 15.5. The molecule has 6 atom stereocenters. The number of ether oxygens (including phenoxy) is 5. The lowest BCUT2D eigenvalue weighted by molar-refractivity contribution is -0.210. The van der Waals surface area contributed by atoms with Crippen molar-refractivity contribution < 1.29 is 69.2 Å². The van der Waals surface area contributed by atoms with Gasteiger partial charge < -0.3 is 23.7 Å². The predicted octanol–water partition coefficient (Wildman–Crippen LogP) is 7.39. The third kappa shape index (κ3) is 14.1. The van der Waals surface area contributed by atoms with Gasteiger partial charge in [0.25, 0.3) is 0 Å². The highest BCUT2D eigenvalue weighted by Crippen LogP contribution is 2.35. The third-order valence-corrected chi connectivity index (χ3v) is 7.50. The Hall–Kier alpha value is -4.14. The van der Waals surface area contributed by atoms with Gasteiger partial charge in [-0.2, -0.15) is 26.3 Å². The van der Waals surface area contributed by atoms with Crippen molar-refractivity contribution in [1.82, 2.24) is 0 Å². The number of carbonyl (C=O) groups excluding carboxylic acids is 4. The first-order valence-corrected chi connectivity index (χ1v) is 15.5. The number of hydrogen-bond acceptors (Lipinski definition) is 9. The largest absolute Gasteiger partial charge is 0.490 e. The van der Waals surface area contributed by atoms with E-state index in [-0.39, 0.29) is 50.0 Å². The number of esters is 4. The molecule has 2 rings (SSSR count). The Morgan fingerprint density at radius 2 is 0.898 bits per heavy atom. The Kier molecular flexibility index (Phi) is 16.0. The van der Waals surface area contributed by atoms with E-state index < -0.39 is 72.5 Å². The molecule has 0 fully saturated rings. The number of carbonyl (C=O) groups is 4. The van der Waals surface area contributed by atoms with Gasteiger partial charge in [-0.05, 0) is 36.8 Å². The molecule has 2 aromatic carbocycles. The van der Waals surface area contributed by atoms with Crippen molar-refractivity contribution >= 4 is 23.9 Å². The minimum Gasteiger partial charge on any atom is -0.462 e. The van der Waals surface area contributed by atoms with Gasteiger partial charge in [0.1, 0.15) is 24.4 Å². The standard InChI is InChI=1S/C34H40F6O9/c1-21(29(25-13-7-5-8-14-25)48-31(43)33(35,36)37)27(46-23(3)41)17-11-19-45-20-12-18-28(47-24(4)42)22(2)30(26-15-9-6-10-16-26)49-32(44)34(38,39)40/h5-10,13-16,21-22,27-30H,11-12,17-20H2,1-4H3. The van der Waals surface area contributed by atoms with E-state index in [1.54, 1.807) is 36.4 Å². The molecule has 0 aliphatic rings. The second kappa shape index (κ2) is 19.2. The second-order valence-electron chi connectivity index (χ2n) is 11.4. The lowest BCUT2D eigenvalue weighted by Gasteiger charge is -2.31. The first kappa shape index (κ1) is 41.0. The Morgan fingerprint density at radius 1 is 0.571 bits per heavy atom. The van der Waals surface area contributed by atoms with Crippen molar-refractivity contribution in [3.8, 4) is 0 Å². The van der Waals surface area contributed by atoms with Crippen LogP contribution in [-0.4, -0.2) is 61.7 Å². The van der Waals surface area contributed by atoms with Crippen molar-refractivity contribution in [3.05, 3.63) is 71.8 Å². The van der Waals surface area contributed by atoms with E-state index >= 15 is 0 Å². The Balaban J connectivity index is 2.03. The van der Waals surface area contributed by atoms with Crippen LogP contribution in [0.5, 0.6) is 0 Å². The number of halogens is 6. The van der Waals surface area contributed by atoms with Gasteiger partial charge in [-0.15, -0.1) is 0 Å². The van der Waals surface area contributed by atoms with Gasteiger partial charge in [0.05, 0.1) is 0 Å². The molecule has 49 heavy (non-hydrogen) atoms. The van der Waals surface area contributed by atoms with Gasteiger partial charge in [-0.3, -0.25) is 9.59 Å². The average Bonchev–Trinajstić information content (AvgIpc) is 3.03. The topological polar surface area (TPSA) is 114 Å². The number of alkyl halides is 6. The molecule has 0 aliphatic carbocycles. The van der Waals surface area contributed by atoms with Crippen LogP contribution in [0.2, 0.25) is 0 Å². The highest BCUT2D eigenvalue weighted by Gasteiger charge is 2.45. The molecule has 15 heteroatoms. The smallest absolute Gasteiger partial charge is 0.462 e. The molecule has 272 valence electrons. The fraction of sp³-hybridized carbons (Fsp3) is 0.529. The quantitative estimate of drug-likeness (QED) is 0.0678. The molecule has 6 unspecified atom stereocenters. The van der Waals surface area contributed by atoms with E-state index in [0.717, 1.165) is 13.8 Å². The second-order valence-corrected chi connectivity index (χ2v) is 11.4. The molecule has 0 saturated heterocycles. The van der Waals surface area contributed by atoms with Gasteiger partial charge in [-0.1, -0.05) is 74.5 Å². The molecule has 0 aromatic heterocycles. The monoisotopic (exact) mass is 706 g/mol. The zero-order chi connectivity index (χ0) is 36.8. The minimum atomic E-state index is -5.24. The highest BCUT2D eigenvalue weighted by molar-refractivity contribution is 5.76. The lowest BCUT2D eigenvalue weighted by Crippen LogP contribution is -2.35. The maximum absolute atomic E-state index is 13.1. The fourth-order valence-corrected chi connectivity index (χ4v) is 5.16. The summed E-state index contributed by atoms with van der Waals surface area (Å²) in [6.07, 6.45) is -14.3. The molecule has 0 bridgehead atoms. The van der Waals surface area contributed by atoms with Crippen LogP contribution < -0.4 is 0 Å². The Bertz CT molecular complexity index is 1230. The summed E-state index contributed by atoms with van der Waals surface area (Å²) in [5, 5.41) is 0. The van der Waals surface area contributed by atoms with E-state index in [9.17, 15) is 45.5 Å². The fourth-order valence-electron chi connectivity index (χ4n) is 5.16. The van der Waals surface area contributed by atoms with Crippen LogP contribution >= 0.6 is 0 Å². The van der Waals surface area contributed by atoms with Crippen molar-refractivity contribution in [2.75, 3.05) is 13.2 Å². The van der Waals surface area contributed by atoms with Gasteiger partial charge in [0.2, 0.25) is 0 Å². The van der Waals surface area contributed by atoms with E-state index in [1.807, 2.05) is 0 Å². The van der Waals surface area contributed by atoms with Gasteiger partial charge >= 0.3 is 36.2 Å². The molecule has 0 radical (unpaired) electrons. The highest BCUT2D eigenvalue weighted by atomic mass is 19.4. The van der Waals surface area contributed by atoms with Crippen molar-refractivity contribution in [2.24, 2.45) is 11.8 Å². The molecular formula is C34H40F6O9. The molecule has 0 spiro atoms. The molecule has 9 nitrogen and oxygen atoms in total. The number of rotatable bonds is 18. The minimum absolute atomic E-state index is 0.118. The summed E-state index contributed by atoms with van der Waals surface area (Å²) in [5.41, 5.74) is 0.556. The third-order valence-electron chi connectivity index (χ3n) is 7.50. The molecular weight excluding hydrogens is 666 g/mol. The predicted molar refractivity (Wildman–Crippen MR) is 161 cm³/mol. The maximum atomic E-state index is 13.1. The average molecular weight is 707 g/mol. The number of benzene rings is 2. The lowest BCUT2D eigenvalue weighted by atomic mass is 9.89. The molecule has 0 aliphatic heterocycles. The summed E-state index contributed by atoms with van der Waals surface area (Å²) in [4.78, 5) is 47.2. The Morgan fingerprint density at radius 3 is 1.18 bits per heavy atom.